The second kappa shape index (κ2) is 8.99. The van der Waals surface area contributed by atoms with Crippen molar-refractivity contribution in [2.75, 3.05) is 13.2 Å². The van der Waals surface area contributed by atoms with Gasteiger partial charge in [-0.2, -0.15) is 0 Å². The van der Waals surface area contributed by atoms with Crippen LogP contribution in [0.25, 0.3) is 10.8 Å². The van der Waals surface area contributed by atoms with Gasteiger partial charge in [-0.1, -0.05) is 63.2 Å². The first-order valence-electron chi connectivity index (χ1n) is 9.99. The van der Waals surface area contributed by atoms with Gasteiger partial charge in [-0.15, -0.1) is 0 Å². The Labute approximate surface area is 172 Å². The summed E-state index contributed by atoms with van der Waals surface area (Å²) in [4.78, 5) is 12.3. The normalized spacial score (nSPS) is 12.4. The van der Waals surface area contributed by atoms with Gasteiger partial charge in [0.15, 0.2) is 6.10 Å². The van der Waals surface area contributed by atoms with E-state index in [4.69, 9.17) is 9.47 Å². The molecule has 0 saturated heterocycles. The second-order valence-electron chi connectivity index (χ2n) is 8.18. The van der Waals surface area contributed by atoms with E-state index in [1.807, 2.05) is 54.6 Å². The zero-order valence-corrected chi connectivity index (χ0v) is 17.6. The van der Waals surface area contributed by atoms with Crippen LogP contribution >= 0.6 is 0 Å². The minimum absolute atomic E-state index is 0.119. The minimum Gasteiger partial charge on any atom is -0.492 e. The first-order valence-corrected chi connectivity index (χ1v) is 9.99. The van der Waals surface area contributed by atoms with Crippen molar-refractivity contribution in [2.24, 2.45) is 0 Å². The SMILES string of the molecule is C[C@H](Oc1ccc2ccccc2c1)C(=O)NCCOc1ccc(C(C)(C)C)cc1. The van der Waals surface area contributed by atoms with Gasteiger partial charge in [0.25, 0.3) is 5.91 Å². The number of carbonyl (C=O) groups is 1. The highest BCUT2D eigenvalue weighted by Crippen LogP contribution is 2.24. The van der Waals surface area contributed by atoms with Gasteiger partial charge in [0.1, 0.15) is 18.1 Å². The molecule has 29 heavy (non-hydrogen) atoms. The first kappa shape index (κ1) is 20.7. The number of ether oxygens (including phenoxy) is 2. The Kier molecular flexibility index (Phi) is 6.42. The molecule has 152 valence electrons. The molecule has 4 nitrogen and oxygen atoms in total. The number of nitrogens with one attached hydrogen (secondary N) is 1. The lowest BCUT2D eigenvalue weighted by atomic mass is 9.87. The fourth-order valence-electron chi connectivity index (χ4n) is 3.04. The van der Waals surface area contributed by atoms with E-state index in [0.717, 1.165) is 16.5 Å². The zero-order chi connectivity index (χ0) is 20.9. The zero-order valence-electron chi connectivity index (χ0n) is 17.6. The van der Waals surface area contributed by atoms with Crippen LogP contribution in [0.4, 0.5) is 0 Å². The quantitative estimate of drug-likeness (QED) is 0.570. The molecule has 0 heterocycles. The van der Waals surface area contributed by atoms with Gasteiger partial charge in [-0.25, -0.2) is 0 Å². The third kappa shape index (κ3) is 5.74. The molecule has 3 aromatic carbocycles. The molecule has 3 rings (SSSR count). The fourth-order valence-corrected chi connectivity index (χ4v) is 3.04. The first-order chi connectivity index (χ1) is 13.8. The molecule has 0 saturated carbocycles. The molecule has 0 aliphatic heterocycles. The van der Waals surface area contributed by atoms with Crippen molar-refractivity contribution in [3.05, 3.63) is 72.3 Å². The molecule has 0 bridgehead atoms. The van der Waals surface area contributed by atoms with Gasteiger partial charge in [-0.3, -0.25) is 4.79 Å². The van der Waals surface area contributed by atoms with Gasteiger partial charge < -0.3 is 14.8 Å². The number of carbonyl (C=O) groups excluding carboxylic acids is 1. The van der Waals surface area contributed by atoms with E-state index in [2.05, 4.69) is 38.2 Å². The summed E-state index contributed by atoms with van der Waals surface area (Å²) < 4.78 is 11.5. The van der Waals surface area contributed by atoms with Crippen LogP contribution in [0.3, 0.4) is 0 Å². The maximum absolute atomic E-state index is 12.3. The highest BCUT2D eigenvalue weighted by Gasteiger charge is 2.15. The van der Waals surface area contributed by atoms with Crippen molar-refractivity contribution in [3.8, 4) is 11.5 Å². The van der Waals surface area contributed by atoms with Crippen molar-refractivity contribution in [1.29, 1.82) is 0 Å². The summed E-state index contributed by atoms with van der Waals surface area (Å²) in [5, 5.41) is 5.09. The van der Waals surface area contributed by atoms with Gasteiger partial charge >= 0.3 is 0 Å². The molecule has 0 spiro atoms. The standard InChI is InChI=1S/C25H29NO3/c1-18(29-23-12-9-19-7-5-6-8-20(19)17-23)24(27)26-15-16-28-22-13-10-21(11-14-22)25(2,3)4/h5-14,17-18H,15-16H2,1-4H3,(H,26,27)/t18-/m0/s1. The van der Waals surface area contributed by atoms with Crippen LogP contribution in [-0.4, -0.2) is 25.2 Å². The van der Waals surface area contributed by atoms with E-state index in [1.165, 1.54) is 5.56 Å². The van der Waals surface area contributed by atoms with Crippen LogP contribution in [-0.2, 0) is 10.2 Å². The average molecular weight is 392 g/mol. The molecule has 4 heteroatoms. The van der Waals surface area contributed by atoms with E-state index in [9.17, 15) is 4.79 Å². The topological polar surface area (TPSA) is 47.6 Å². The molecule has 0 unspecified atom stereocenters. The summed E-state index contributed by atoms with van der Waals surface area (Å²) in [5.41, 5.74) is 1.38. The Bertz CT molecular complexity index is 958. The number of hydrogen-bond donors (Lipinski definition) is 1. The van der Waals surface area contributed by atoms with Gasteiger partial charge in [0.05, 0.1) is 6.54 Å². The lowest BCUT2D eigenvalue weighted by molar-refractivity contribution is -0.127. The summed E-state index contributed by atoms with van der Waals surface area (Å²) in [6.07, 6.45) is -0.581. The van der Waals surface area contributed by atoms with Crippen LogP contribution in [0.5, 0.6) is 11.5 Å². The van der Waals surface area contributed by atoms with Crippen LogP contribution in [0, 0.1) is 0 Å². The molecule has 1 atom stereocenters. The molecule has 1 N–H and O–H groups in total. The summed E-state index contributed by atoms with van der Waals surface area (Å²) in [6.45, 7) is 9.11. The Hall–Kier alpha value is -3.01. The number of hydrogen-bond acceptors (Lipinski definition) is 3. The highest BCUT2D eigenvalue weighted by atomic mass is 16.5. The Morgan fingerprint density at radius 1 is 0.931 bits per heavy atom. The van der Waals surface area contributed by atoms with Crippen LogP contribution in [0.2, 0.25) is 0 Å². The molecule has 0 aliphatic carbocycles. The lowest BCUT2D eigenvalue weighted by Crippen LogP contribution is -2.38. The smallest absolute Gasteiger partial charge is 0.260 e. The Morgan fingerprint density at radius 3 is 2.28 bits per heavy atom. The monoisotopic (exact) mass is 391 g/mol. The fraction of sp³-hybridized carbons (Fsp3) is 0.320. The van der Waals surface area contributed by atoms with Crippen molar-refractivity contribution in [2.45, 2.75) is 39.2 Å². The molecule has 0 fully saturated rings. The third-order valence-electron chi connectivity index (χ3n) is 4.79. The molecular weight excluding hydrogens is 362 g/mol. The molecule has 0 aliphatic rings. The van der Waals surface area contributed by atoms with Crippen molar-refractivity contribution in [3.63, 3.8) is 0 Å². The third-order valence-corrected chi connectivity index (χ3v) is 4.79. The Morgan fingerprint density at radius 2 is 1.59 bits per heavy atom. The van der Waals surface area contributed by atoms with E-state index in [0.29, 0.717) is 18.9 Å². The number of benzene rings is 3. The number of fused-ring (bicyclic) bond motifs is 1. The summed E-state index contributed by atoms with van der Waals surface area (Å²) in [6, 6.07) is 22.0. The number of amides is 1. The summed E-state index contributed by atoms with van der Waals surface area (Å²) in [5.74, 6) is 1.32. The van der Waals surface area contributed by atoms with Crippen molar-refractivity contribution < 1.29 is 14.3 Å². The van der Waals surface area contributed by atoms with Crippen molar-refractivity contribution >= 4 is 16.7 Å². The summed E-state index contributed by atoms with van der Waals surface area (Å²) >= 11 is 0. The molecule has 0 radical (unpaired) electrons. The predicted molar refractivity (Wildman–Crippen MR) is 118 cm³/mol. The lowest BCUT2D eigenvalue weighted by Gasteiger charge is -2.19. The molecule has 0 aromatic heterocycles. The van der Waals surface area contributed by atoms with Gasteiger partial charge in [0, 0.05) is 0 Å². The van der Waals surface area contributed by atoms with E-state index in [1.54, 1.807) is 6.92 Å². The molecule has 3 aromatic rings. The van der Waals surface area contributed by atoms with E-state index >= 15 is 0 Å². The molecular formula is C25H29NO3. The summed E-state index contributed by atoms with van der Waals surface area (Å²) in [7, 11) is 0. The van der Waals surface area contributed by atoms with Crippen LogP contribution < -0.4 is 14.8 Å². The number of rotatable bonds is 7. The maximum Gasteiger partial charge on any atom is 0.260 e. The van der Waals surface area contributed by atoms with Gasteiger partial charge in [0.2, 0.25) is 0 Å². The Balaban J connectivity index is 1.43. The predicted octanol–water partition coefficient (Wildman–Crippen LogP) is 5.10. The van der Waals surface area contributed by atoms with E-state index < -0.39 is 6.10 Å². The largest absolute Gasteiger partial charge is 0.492 e. The van der Waals surface area contributed by atoms with Gasteiger partial charge in [-0.05, 0) is 52.9 Å². The highest BCUT2D eigenvalue weighted by molar-refractivity contribution is 5.84. The average Bonchev–Trinajstić information content (AvgIpc) is 2.70. The molecule has 1 amide bonds. The van der Waals surface area contributed by atoms with Crippen LogP contribution in [0.1, 0.15) is 33.3 Å². The second-order valence-corrected chi connectivity index (χ2v) is 8.18. The maximum atomic E-state index is 12.3. The van der Waals surface area contributed by atoms with E-state index in [-0.39, 0.29) is 11.3 Å². The van der Waals surface area contributed by atoms with Crippen molar-refractivity contribution in [1.82, 2.24) is 5.32 Å². The minimum atomic E-state index is -0.581. The van der Waals surface area contributed by atoms with Crippen LogP contribution in [0.15, 0.2) is 66.7 Å².